The van der Waals surface area contributed by atoms with E-state index in [-0.39, 0.29) is 5.91 Å². The number of hydrogen-bond acceptors (Lipinski definition) is 5. The molecule has 2 aromatic rings. The van der Waals surface area contributed by atoms with Crippen molar-refractivity contribution in [3.8, 4) is 5.75 Å². The van der Waals surface area contributed by atoms with Gasteiger partial charge >= 0.3 is 0 Å². The average molecular weight is 341 g/mol. The van der Waals surface area contributed by atoms with Gasteiger partial charge in [0.25, 0.3) is 5.91 Å². The second kappa shape index (κ2) is 8.60. The van der Waals surface area contributed by atoms with Crippen molar-refractivity contribution in [2.24, 2.45) is 5.10 Å². The van der Waals surface area contributed by atoms with E-state index in [1.807, 2.05) is 43.3 Å². The van der Waals surface area contributed by atoms with E-state index < -0.39 is 0 Å². The Morgan fingerprint density at radius 2 is 2.08 bits per heavy atom. The predicted molar refractivity (Wildman–Crippen MR) is 98.1 cm³/mol. The highest BCUT2D eigenvalue weighted by molar-refractivity contribution is 6.02. The first-order valence-electron chi connectivity index (χ1n) is 8.54. The summed E-state index contributed by atoms with van der Waals surface area (Å²) in [4.78, 5) is 14.1. The first-order chi connectivity index (χ1) is 12.3. The molecule has 132 valence electrons. The second-order valence-electron chi connectivity index (χ2n) is 5.81. The van der Waals surface area contributed by atoms with Crippen LogP contribution in [0.5, 0.6) is 5.75 Å². The molecule has 1 heterocycles. The highest BCUT2D eigenvalue weighted by atomic mass is 16.5. The van der Waals surface area contributed by atoms with Gasteiger partial charge in [0.1, 0.15) is 5.75 Å². The number of ether oxygens (including phenoxy) is 2. The van der Waals surface area contributed by atoms with Crippen molar-refractivity contribution >= 4 is 22.9 Å². The molecule has 1 amide bonds. The lowest BCUT2D eigenvalue weighted by atomic mass is 10.0. The molecule has 0 bridgehead atoms. The Morgan fingerprint density at radius 3 is 2.88 bits per heavy atom. The summed E-state index contributed by atoms with van der Waals surface area (Å²) in [6, 6.07) is 12.0. The molecule has 0 atom stereocenters. The van der Waals surface area contributed by atoms with E-state index in [0.29, 0.717) is 26.4 Å². The van der Waals surface area contributed by atoms with E-state index in [0.717, 1.165) is 35.2 Å². The quantitative estimate of drug-likeness (QED) is 0.645. The topological polar surface area (TPSA) is 63.2 Å². The Morgan fingerprint density at radius 1 is 1.28 bits per heavy atom. The Hall–Kier alpha value is -2.44. The van der Waals surface area contributed by atoms with Crippen molar-refractivity contribution in [2.45, 2.75) is 6.92 Å². The van der Waals surface area contributed by atoms with Gasteiger partial charge in [-0.1, -0.05) is 30.3 Å². The molecule has 1 fully saturated rings. The minimum Gasteiger partial charge on any atom is -0.493 e. The number of benzene rings is 2. The monoisotopic (exact) mass is 341 g/mol. The maximum absolute atomic E-state index is 12.0. The van der Waals surface area contributed by atoms with Crippen LogP contribution in [0.4, 0.5) is 0 Å². The van der Waals surface area contributed by atoms with Crippen molar-refractivity contribution < 1.29 is 14.3 Å². The number of carbonyl (C=O) groups is 1. The summed E-state index contributed by atoms with van der Waals surface area (Å²) in [6.45, 7) is 5.73. The molecule has 25 heavy (non-hydrogen) atoms. The highest BCUT2D eigenvalue weighted by Crippen LogP contribution is 2.26. The van der Waals surface area contributed by atoms with Gasteiger partial charge in [-0.05, 0) is 23.8 Å². The fourth-order valence-electron chi connectivity index (χ4n) is 2.86. The number of hydrazone groups is 1. The fourth-order valence-corrected chi connectivity index (χ4v) is 2.86. The number of amides is 1. The van der Waals surface area contributed by atoms with Gasteiger partial charge in [-0.3, -0.25) is 9.69 Å². The lowest BCUT2D eigenvalue weighted by molar-refractivity contribution is -0.123. The summed E-state index contributed by atoms with van der Waals surface area (Å²) in [5.41, 5.74) is 3.47. The summed E-state index contributed by atoms with van der Waals surface area (Å²) >= 11 is 0. The summed E-state index contributed by atoms with van der Waals surface area (Å²) in [6.07, 6.45) is 1.66. The van der Waals surface area contributed by atoms with Gasteiger partial charge in [-0.15, -0.1) is 0 Å². The molecule has 6 heteroatoms. The van der Waals surface area contributed by atoms with Crippen LogP contribution in [0, 0.1) is 0 Å². The van der Waals surface area contributed by atoms with Crippen molar-refractivity contribution in [2.75, 3.05) is 39.5 Å². The molecule has 0 spiro atoms. The van der Waals surface area contributed by atoms with E-state index in [2.05, 4.69) is 15.4 Å². The number of carbonyl (C=O) groups excluding carboxylic acids is 1. The van der Waals surface area contributed by atoms with E-state index in [1.54, 1.807) is 6.21 Å². The summed E-state index contributed by atoms with van der Waals surface area (Å²) < 4.78 is 11.0. The number of fused-ring (bicyclic) bond motifs is 1. The molecule has 2 aromatic carbocycles. The highest BCUT2D eigenvalue weighted by Gasteiger charge is 2.13. The van der Waals surface area contributed by atoms with Gasteiger partial charge in [-0.25, -0.2) is 5.43 Å². The van der Waals surface area contributed by atoms with Crippen LogP contribution in [0.25, 0.3) is 10.8 Å². The molecular weight excluding hydrogens is 318 g/mol. The molecule has 0 saturated carbocycles. The van der Waals surface area contributed by atoms with Gasteiger partial charge in [0.05, 0.1) is 32.6 Å². The van der Waals surface area contributed by atoms with Gasteiger partial charge in [0.15, 0.2) is 0 Å². The van der Waals surface area contributed by atoms with Crippen LogP contribution in [-0.2, 0) is 9.53 Å². The van der Waals surface area contributed by atoms with E-state index in [4.69, 9.17) is 9.47 Å². The first-order valence-corrected chi connectivity index (χ1v) is 8.54. The number of hydrogen-bond donors (Lipinski definition) is 1. The molecule has 0 radical (unpaired) electrons. The standard InChI is InChI=1S/C19H23N3O3/c1-2-25-18-8-7-15-5-3-4-6-16(15)17(18)13-20-21-19(23)14-22-9-11-24-12-10-22/h3-8,13H,2,9-12,14H2,1H3,(H,21,23). The largest absolute Gasteiger partial charge is 0.493 e. The van der Waals surface area contributed by atoms with Gasteiger partial charge in [0.2, 0.25) is 0 Å². The number of nitrogens with zero attached hydrogens (tertiary/aromatic N) is 2. The zero-order chi connectivity index (χ0) is 17.5. The Balaban J connectivity index is 1.71. The fraction of sp³-hybridized carbons (Fsp3) is 0.368. The minimum atomic E-state index is -0.128. The van der Waals surface area contributed by atoms with Gasteiger partial charge < -0.3 is 9.47 Å². The molecule has 1 saturated heterocycles. The van der Waals surface area contributed by atoms with E-state index in [1.165, 1.54) is 0 Å². The SMILES string of the molecule is CCOc1ccc2ccccc2c1C=NNC(=O)CN1CCOCC1. The van der Waals surface area contributed by atoms with Crippen LogP contribution in [0.2, 0.25) is 0 Å². The molecule has 1 aliphatic heterocycles. The second-order valence-corrected chi connectivity index (χ2v) is 5.81. The van der Waals surface area contributed by atoms with Crippen LogP contribution >= 0.6 is 0 Å². The number of rotatable bonds is 6. The maximum atomic E-state index is 12.0. The Kier molecular flexibility index (Phi) is 5.98. The van der Waals surface area contributed by atoms with Crippen LogP contribution in [-0.4, -0.2) is 56.5 Å². The van der Waals surface area contributed by atoms with Crippen LogP contribution in [0.15, 0.2) is 41.5 Å². The van der Waals surface area contributed by atoms with Crippen LogP contribution in [0.3, 0.4) is 0 Å². The molecule has 1 aliphatic rings. The summed E-state index contributed by atoms with van der Waals surface area (Å²) in [5, 5.41) is 6.28. The maximum Gasteiger partial charge on any atom is 0.254 e. The van der Waals surface area contributed by atoms with Crippen molar-refractivity contribution in [1.29, 1.82) is 0 Å². The normalized spacial score (nSPS) is 15.6. The molecule has 0 unspecified atom stereocenters. The zero-order valence-corrected chi connectivity index (χ0v) is 14.4. The number of morpholine rings is 1. The molecular formula is C19H23N3O3. The summed E-state index contributed by atoms with van der Waals surface area (Å²) in [7, 11) is 0. The lowest BCUT2D eigenvalue weighted by Gasteiger charge is -2.25. The molecule has 0 aromatic heterocycles. The van der Waals surface area contributed by atoms with Gasteiger partial charge in [0, 0.05) is 18.7 Å². The lowest BCUT2D eigenvalue weighted by Crippen LogP contribution is -2.42. The third-order valence-corrected chi connectivity index (χ3v) is 4.08. The first kappa shape index (κ1) is 17.4. The summed E-state index contributed by atoms with van der Waals surface area (Å²) in [5.74, 6) is 0.628. The predicted octanol–water partition coefficient (Wildman–Crippen LogP) is 2.02. The molecule has 6 nitrogen and oxygen atoms in total. The van der Waals surface area contributed by atoms with Crippen molar-refractivity contribution in [3.63, 3.8) is 0 Å². The number of nitrogens with one attached hydrogen (secondary N) is 1. The van der Waals surface area contributed by atoms with Crippen molar-refractivity contribution in [3.05, 3.63) is 42.0 Å². The van der Waals surface area contributed by atoms with E-state index >= 15 is 0 Å². The minimum absolute atomic E-state index is 0.128. The Bertz CT molecular complexity index is 755. The Labute approximate surface area is 147 Å². The molecule has 0 aliphatic carbocycles. The average Bonchev–Trinajstić information content (AvgIpc) is 2.64. The zero-order valence-electron chi connectivity index (χ0n) is 14.4. The smallest absolute Gasteiger partial charge is 0.254 e. The van der Waals surface area contributed by atoms with Crippen molar-refractivity contribution in [1.82, 2.24) is 10.3 Å². The third kappa shape index (κ3) is 4.55. The molecule has 1 N–H and O–H groups in total. The van der Waals surface area contributed by atoms with Gasteiger partial charge in [-0.2, -0.15) is 5.10 Å². The van der Waals surface area contributed by atoms with E-state index in [9.17, 15) is 4.79 Å². The third-order valence-electron chi connectivity index (χ3n) is 4.08. The van der Waals surface area contributed by atoms with Crippen LogP contribution < -0.4 is 10.2 Å². The molecule has 3 rings (SSSR count). The van der Waals surface area contributed by atoms with Crippen LogP contribution in [0.1, 0.15) is 12.5 Å².